The summed E-state index contributed by atoms with van der Waals surface area (Å²) in [5, 5.41) is 28.0. The Labute approximate surface area is 120 Å². The Morgan fingerprint density at radius 2 is 2.29 bits per heavy atom. The van der Waals surface area contributed by atoms with Crippen LogP contribution < -0.4 is 11.3 Å². The molecule has 11 heteroatoms. The molecule has 2 aromatic rings. The number of nitrogens with two attached hydrogens (primary N) is 1. The highest BCUT2D eigenvalue weighted by Crippen LogP contribution is 2.34. The van der Waals surface area contributed by atoms with E-state index in [1.165, 1.54) is 10.9 Å². The molecule has 4 atom stereocenters. The second-order valence-corrected chi connectivity index (χ2v) is 6.50. The maximum absolute atomic E-state index is 11.8. The van der Waals surface area contributed by atoms with Crippen LogP contribution in [0.4, 0.5) is 5.95 Å². The van der Waals surface area contributed by atoms with Crippen LogP contribution in [0, 0.1) is 0 Å². The zero-order valence-electron chi connectivity index (χ0n) is 11.1. The van der Waals surface area contributed by atoms with Gasteiger partial charge in [0.05, 0.1) is 23.2 Å². The molecule has 10 nitrogen and oxygen atoms in total. The summed E-state index contributed by atoms with van der Waals surface area (Å²) in [7, 11) is 0.252. The largest absolute Gasteiger partial charge is 0.394 e. The Morgan fingerprint density at radius 1 is 1.57 bits per heavy atom. The van der Waals surface area contributed by atoms with Crippen molar-refractivity contribution in [3.63, 3.8) is 0 Å². The van der Waals surface area contributed by atoms with Crippen LogP contribution in [-0.4, -0.2) is 70.0 Å². The number of nitrogens with one attached hydrogen (secondary N) is 1. The number of aliphatic hydroxyl groups is 3. The smallest absolute Gasteiger partial charge is 0.280 e. The predicted molar refractivity (Wildman–Crippen MR) is 74.4 cm³/mol. The number of hydrogen-bond acceptors (Lipinski definition) is 8. The van der Waals surface area contributed by atoms with Gasteiger partial charge in [-0.15, -0.1) is 0 Å². The van der Waals surface area contributed by atoms with Crippen LogP contribution >= 0.6 is 0 Å². The quantitative estimate of drug-likeness (QED) is 0.349. The average molecular weight is 313 g/mol. The summed E-state index contributed by atoms with van der Waals surface area (Å²) < 4.78 is 6.98. The number of nitrogens with zero attached hydrogens (tertiary/aromatic N) is 3. The number of aromatic nitrogens is 4. The Hall–Kier alpha value is -1.79. The van der Waals surface area contributed by atoms with Crippen molar-refractivity contribution in [3.8, 4) is 0 Å². The third kappa shape index (κ3) is 1.90. The van der Waals surface area contributed by atoms with Crippen molar-refractivity contribution in [2.45, 2.75) is 23.7 Å². The zero-order chi connectivity index (χ0) is 15.4. The highest BCUT2D eigenvalue weighted by Gasteiger charge is 2.52. The number of rotatable bonds is 2. The van der Waals surface area contributed by atoms with Gasteiger partial charge in [-0.05, 0) is 0 Å². The van der Waals surface area contributed by atoms with Gasteiger partial charge in [-0.2, -0.15) is 4.98 Å². The molecule has 0 aliphatic carbocycles. The summed E-state index contributed by atoms with van der Waals surface area (Å²) in [6, 6.07) is 0. The topological polar surface area (TPSA) is 160 Å². The first-order valence-electron chi connectivity index (χ1n) is 6.26. The summed E-state index contributed by atoms with van der Waals surface area (Å²) in [5.74, 6) is -0.0914. The first kappa shape index (κ1) is 14.2. The second kappa shape index (κ2) is 4.61. The molecule has 0 bridgehead atoms. The van der Waals surface area contributed by atoms with Gasteiger partial charge in [0.1, 0.15) is 23.7 Å². The number of fused-ring (bicyclic) bond motifs is 1. The van der Waals surface area contributed by atoms with E-state index in [0.29, 0.717) is 0 Å². The number of nitrogen functional groups attached to an aromatic ring is 1. The standard InChI is InChI=1S/C10H15N5O5Si/c11-9-13-7-4(8(19)14-9)12-2-15(7)10(21)6(18)5(17)3(1-16)20-10/h2-3,5-6,16-18H,1H2,21H3,(H3,11,13,14,19)/t3-,5-,6-,10+/m1/s1. The molecule has 114 valence electrons. The molecule has 0 amide bonds. The fourth-order valence-electron chi connectivity index (χ4n) is 2.56. The molecule has 21 heavy (non-hydrogen) atoms. The maximum Gasteiger partial charge on any atom is 0.280 e. The zero-order valence-corrected chi connectivity index (χ0v) is 13.1. The third-order valence-corrected chi connectivity index (χ3v) is 5.04. The van der Waals surface area contributed by atoms with E-state index < -0.39 is 35.8 Å². The van der Waals surface area contributed by atoms with Gasteiger partial charge >= 0.3 is 0 Å². The highest BCUT2D eigenvalue weighted by atomic mass is 28.1. The molecule has 0 saturated carbocycles. The maximum atomic E-state index is 11.8. The lowest BCUT2D eigenvalue weighted by molar-refractivity contribution is -0.0843. The van der Waals surface area contributed by atoms with E-state index in [1.54, 1.807) is 0 Å². The number of imidazole rings is 1. The van der Waals surface area contributed by atoms with Crippen molar-refractivity contribution in [2.75, 3.05) is 12.3 Å². The Morgan fingerprint density at radius 3 is 2.90 bits per heavy atom. The first-order valence-corrected chi connectivity index (χ1v) is 7.26. The summed E-state index contributed by atoms with van der Waals surface area (Å²) in [4.78, 5) is 22.0. The minimum absolute atomic E-state index is 0.0529. The van der Waals surface area contributed by atoms with Crippen molar-refractivity contribution in [1.29, 1.82) is 0 Å². The predicted octanol–water partition coefficient (Wildman–Crippen LogP) is -4.21. The number of hydrogen-bond donors (Lipinski definition) is 5. The molecular weight excluding hydrogens is 298 g/mol. The van der Waals surface area contributed by atoms with Crippen molar-refractivity contribution in [2.24, 2.45) is 0 Å². The number of anilines is 1. The van der Waals surface area contributed by atoms with Crippen LogP contribution in [0.15, 0.2) is 11.1 Å². The average Bonchev–Trinajstić information content (AvgIpc) is 2.95. The fourth-order valence-corrected chi connectivity index (χ4v) is 3.53. The molecule has 0 unspecified atom stereocenters. The van der Waals surface area contributed by atoms with Gasteiger partial charge in [0.25, 0.3) is 5.56 Å². The SMILES string of the molecule is Nc1nc2c(ncn2[C@]2([SiH3])O[C@H](CO)[C@@H](O)[C@H]2O)c(=O)[nH]1. The monoisotopic (exact) mass is 313 g/mol. The van der Waals surface area contributed by atoms with E-state index in [9.17, 15) is 20.1 Å². The van der Waals surface area contributed by atoms with Gasteiger partial charge in [0, 0.05) is 0 Å². The third-order valence-electron chi connectivity index (χ3n) is 3.73. The molecule has 1 fully saturated rings. The lowest BCUT2D eigenvalue weighted by Crippen LogP contribution is -2.46. The molecule has 6 N–H and O–H groups in total. The molecule has 2 aromatic heterocycles. The molecule has 1 aliphatic heterocycles. The van der Waals surface area contributed by atoms with E-state index in [1.807, 2.05) is 0 Å². The van der Waals surface area contributed by atoms with Crippen LogP contribution in [0.1, 0.15) is 0 Å². The Balaban J connectivity index is 2.19. The van der Waals surface area contributed by atoms with Crippen molar-refractivity contribution < 1.29 is 20.1 Å². The van der Waals surface area contributed by atoms with Gasteiger partial charge in [-0.3, -0.25) is 14.3 Å². The van der Waals surface area contributed by atoms with Gasteiger partial charge in [0.2, 0.25) is 5.95 Å². The van der Waals surface area contributed by atoms with E-state index in [-0.39, 0.29) is 27.4 Å². The van der Waals surface area contributed by atoms with Crippen molar-refractivity contribution >= 4 is 27.4 Å². The van der Waals surface area contributed by atoms with E-state index >= 15 is 0 Å². The van der Waals surface area contributed by atoms with Crippen LogP contribution in [0.2, 0.25) is 0 Å². The van der Waals surface area contributed by atoms with Gasteiger partial charge in [0.15, 0.2) is 11.2 Å². The number of aromatic amines is 1. The van der Waals surface area contributed by atoms with Crippen molar-refractivity contribution in [3.05, 3.63) is 16.7 Å². The van der Waals surface area contributed by atoms with Gasteiger partial charge < -0.3 is 25.8 Å². The number of H-pyrrole nitrogens is 1. The number of ether oxygens (including phenoxy) is 1. The Kier molecular flexibility index (Phi) is 3.11. The summed E-state index contributed by atoms with van der Waals surface area (Å²) >= 11 is 0. The van der Waals surface area contributed by atoms with Crippen LogP contribution in [0.3, 0.4) is 0 Å². The van der Waals surface area contributed by atoms with Crippen LogP contribution in [0.25, 0.3) is 11.2 Å². The molecule has 3 rings (SSSR count). The summed E-state index contributed by atoms with van der Waals surface area (Å²) in [5.41, 5.74) is 5.22. The molecule has 1 aliphatic rings. The Bertz CT molecular complexity index is 747. The van der Waals surface area contributed by atoms with E-state index in [4.69, 9.17) is 10.5 Å². The minimum atomic E-state index is -1.30. The molecule has 0 aromatic carbocycles. The van der Waals surface area contributed by atoms with E-state index in [0.717, 1.165) is 0 Å². The van der Waals surface area contributed by atoms with E-state index in [2.05, 4.69) is 15.0 Å². The lowest BCUT2D eigenvalue weighted by Gasteiger charge is -2.29. The minimum Gasteiger partial charge on any atom is -0.394 e. The fraction of sp³-hybridized carbons (Fsp3) is 0.500. The first-order chi connectivity index (χ1) is 9.88. The normalized spacial score (nSPS) is 33.0. The molecule has 1 saturated heterocycles. The summed E-state index contributed by atoms with van der Waals surface area (Å²) in [6.45, 7) is -0.439. The highest BCUT2D eigenvalue weighted by molar-refractivity contribution is 6.13. The summed E-state index contributed by atoms with van der Waals surface area (Å²) in [6.07, 6.45) is -2.14. The van der Waals surface area contributed by atoms with Crippen molar-refractivity contribution in [1.82, 2.24) is 19.5 Å². The van der Waals surface area contributed by atoms with Gasteiger partial charge in [-0.25, -0.2) is 4.98 Å². The second-order valence-electron chi connectivity index (χ2n) is 5.07. The van der Waals surface area contributed by atoms with Gasteiger partial charge in [-0.1, -0.05) is 0 Å². The molecular formula is C10H15N5O5Si. The molecule has 0 spiro atoms. The molecule has 0 radical (unpaired) electrons. The van der Waals surface area contributed by atoms with Crippen LogP contribution in [-0.2, 0) is 10.1 Å². The number of aliphatic hydroxyl groups excluding tert-OH is 3. The molecule has 3 heterocycles. The lowest BCUT2D eigenvalue weighted by atomic mass is 10.1. The van der Waals surface area contributed by atoms with Crippen LogP contribution in [0.5, 0.6) is 0 Å².